The Morgan fingerprint density at radius 2 is 2.32 bits per heavy atom. The molecule has 0 spiro atoms. The normalized spacial score (nSPS) is 27.3. The highest BCUT2D eigenvalue weighted by Gasteiger charge is 2.35. The van der Waals surface area contributed by atoms with Gasteiger partial charge in [-0.1, -0.05) is 6.07 Å². The van der Waals surface area contributed by atoms with Crippen molar-refractivity contribution in [3.05, 3.63) is 29.6 Å². The molecule has 0 amide bonds. The van der Waals surface area contributed by atoms with Gasteiger partial charge in [-0.3, -0.25) is 0 Å². The van der Waals surface area contributed by atoms with E-state index in [1.54, 1.807) is 6.07 Å². The van der Waals surface area contributed by atoms with Gasteiger partial charge in [0.05, 0.1) is 6.61 Å². The third-order valence-electron chi connectivity index (χ3n) is 4.08. The number of hydrogen-bond donors (Lipinski definition) is 2. The third kappa shape index (κ3) is 3.25. The van der Waals surface area contributed by atoms with Gasteiger partial charge in [-0.2, -0.15) is 0 Å². The molecule has 0 heterocycles. The SMILES string of the molecule is CNC1(CO)CCCC(Oc2cc(F)ccc2C)C1. The topological polar surface area (TPSA) is 41.5 Å². The first-order valence-electron chi connectivity index (χ1n) is 6.81. The molecule has 4 heteroatoms. The fourth-order valence-corrected chi connectivity index (χ4v) is 2.74. The van der Waals surface area contributed by atoms with Crippen LogP contribution in [-0.2, 0) is 0 Å². The summed E-state index contributed by atoms with van der Waals surface area (Å²) >= 11 is 0. The van der Waals surface area contributed by atoms with Crippen molar-refractivity contribution in [3.8, 4) is 5.75 Å². The van der Waals surface area contributed by atoms with E-state index < -0.39 is 0 Å². The monoisotopic (exact) mass is 267 g/mol. The molecule has 0 saturated heterocycles. The van der Waals surface area contributed by atoms with Crippen molar-refractivity contribution in [2.45, 2.75) is 44.2 Å². The zero-order chi connectivity index (χ0) is 13.9. The van der Waals surface area contributed by atoms with Gasteiger partial charge in [-0.25, -0.2) is 4.39 Å². The zero-order valence-electron chi connectivity index (χ0n) is 11.6. The number of halogens is 1. The van der Waals surface area contributed by atoms with Crippen molar-refractivity contribution in [2.24, 2.45) is 0 Å². The van der Waals surface area contributed by atoms with E-state index in [-0.39, 0.29) is 24.1 Å². The van der Waals surface area contributed by atoms with Crippen LogP contribution in [0.3, 0.4) is 0 Å². The fourth-order valence-electron chi connectivity index (χ4n) is 2.74. The second kappa shape index (κ2) is 5.88. The Bertz CT molecular complexity index is 432. The average Bonchev–Trinajstić information content (AvgIpc) is 2.43. The van der Waals surface area contributed by atoms with Crippen LogP contribution in [0.5, 0.6) is 5.75 Å². The minimum Gasteiger partial charge on any atom is -0.490 e. The molecule has 106 valence electrons. The van der Waals surface area contributed by atoms with Gasteiger partial charge < -0.3 is 15.2 Å². The van der Waals surface area contributed by atoms with E-state index in [1.807, 2.05) is 14.0 Å². The quantitative estimate of drug-likeness (QED) is 0.880. The van der Waals surface area contributed by atoms with E-state index in [0.717, 1.165) is 31.2 Å². The summed E-state index contributed by atoms with van der Waals surface area (Å²) in [5, 5.41) is 12.8. The first-order valence-corrected chi connectivity index (χ1v) is 6.81. The second-order valence-electron chi connectivity index (χ2n) is 5.43. The van der Waals surface area contributed by atoms with Crippen LogP contribution in [0, 0.1) is 12.7 Å². The van der Waals surface area contributed by atoms with E-state index in [1.165, 1.54) is 12.1 Å². The van der Waals surface area contributed by atoms with Gasteiger partial charge in [0.2, 0.25) is 0 Å². The number of likely N-dealkylation sites (N-methyl/N-ethyl adjacent to an activating group) is 1. The van der Waals surface area contributed by atoms with Crippen molar-refractivity contribution in [1.82, 2.24) is 5.32 Å². The average molecular weight is 267 g/mol. The maximum Gasteiger partial charge on any atom is 0.126 e. The number of aliphatic hydroxyl groups excluding tert-OH is 1. The Morgan fingerprint density at radius 3 is 3.00 bits per heavy atom. The Hall–Kier alpha value is -1.13. The molecule has 0 aliphatic heterocycles. The molecule has 1 aliphatic rings. The lowest BCUT2D eigenvalue weighted by Crippen LogP contribution is -2.52. The van der Waals surface area contributed by atoms with Crippen LogP contribution in [0.4, 0.5) is 4.39 Å². The van der Waals surface area contributed by atoms with Crippen molar-refractivity contribution >= 4 is 0 Å². The van der Waals surface area contributed by atoms with Crippen LogP contribution in [-0.4, -0.2) is 30.4 Å². The molecule has 1 saturated carbocycles. The molecule has 2 N–H and O–H groups in total. The molecule has 2 rings (SSSR count). The summed E-state index contributed by atoms with van der Waals surface area (Å²) in [6, 6.07) is 4.60. The summed E-state index contributed by atoms with van der Waals surface area (Å²) in [4.78, 5) is 0. The summed E-state index contributed by atoms with van der Waals surface area (Å²) in [5.41, 5.74) is 0.676. The molecule has 19 heavy (non-hydrogen) atoms. The van der Waals surface area contributed by atoms with Gasteiger partial charge in [0, 0.05) is 18.0 Å². The van der Waals surface area contributed by atoms with Crippen LogP contribution in [0.2, 0.25) is 0 Å². The second-order valence-corrected chi connectivity index (χ2v) is 5.43. The van der Waals surface area contributed by atoms with Gasteiger partial charge in [-0.15, -0.1) is 0 Å². The van der Waals surface area contributed by atoms with Crippen molar-refractivity contribution in [3.63, 3.8) is 0 Å². The minimum atomic E-state index is -0.279. The Kier molecular flexibility index (Phi) is 4.42. The molecule has 1 aliphatic carbocycles. The van der Waals surface area contributed by atoms with Crippen LogP contribution in [0.1, 0.15) is 31.2 Å². The molecule has 2 atom stereocenters. The van der Waals surface area contributed by atoms with Gasteiger partial charge in [0.15, 0.2) is 0 Å². The van der Waals surface area contributed by atoms with E-state index in [9.17, 15) is 9.50 Å². The molecular formula is C15H22FNO2. The van der Waals surface area contributed by atoms with Gasteiger partial charge in [-0.05, 0) is 44.9 Å². The zero-order valence-corrected chi connectivity index (χ0v) is 11.6. The largest absolute Gasteiger partial charge is 0.490 e. The first-order chi connectivity index (χ1) is 9.08. The first kappa shape index (κ1) is 14.3. The molecule has 0 aromatic heterocycles. The van der Waals surface area contributed by atoms with Crippen molar-refractivity contribution < 1.29 is 14.2 Å². The number of ether oxygens (including phenoxy) is 1. The number of aryl methyl sites for hydroxylation is 1. The lowest BCUT2D eigenvalue weighted by atomic mass is 9.80. The van der Waals surface area contributed by atoms with Gasteiger partial charge >= 0.3 is 0 Å². The molecule has 1 aromatic carbocycles. The molecule has 1 aromatic rings. The number of rotatable bonds is 4. The molecule has 3 nitrogen and oxygen atoms in total. The lowest BCUT2D eigenvalue weighted by molar-refractivity contribution is 0.0549. The standard InChI is InChI=1S/C15H22FNO2/c1-11-5-6-12(16)8-14(11)19-13-4-3-7-15(9-13,10-18)17-2/h5-6,8,13,17-18H,3-4,7,9-10H2,1-2H3. The van der Waals surface area contributed by atoms with Gasteiger partial charge in [0.1, 0.15) is 17.7 Å². The predicted octanol–water partition coefficient (Wildman–Crippen LogP) is 2.41. The minimum absolute atomic E-state index is 0.0221. The highest BCUT2D eigenvalue weighted by Crippen LogP contribution is 2.31. The summed E-state index contributed by atoms with van der Waals surface area (Å²) in [6.45, 7) is 2.01. The van der Waals surface area contributed by atoms with E-state index in [0.29, 0.717) is 5.75 Å². The van der Waals surface area contributed by atoms with Crippen LogP contribution in [0.15, 0.2) is 18.2 Å². The molecule has 0 bridgehead atoms. The molecular weight excluding hydrogens is 245 g/mol. The maximum absolute atomic E-state index is 13.3. The molecule has 0 radical (unpaired) electrons. The Labute approximate surface area is 113 Å². The third-order valence-corrected chi connectivity index (χ3v) is 4.08. The highest BCUT2D eigenvalue weighted by molar-refractivity contribution is 5.32. The fraction of sp³-hybridized carbons (Fsp3) is 0.600. The lowest BCUT2D eigenvalue weighted by Gasteiger charge is -2.39. The van der Waals surface area contributed by atoms with E-state index in [2.05, 4.69) is 5.32 Å². The Morgan fingerprint density at radius 1 is 1.53 bits per heavy atom. The maximum atomic E-state index is 13.3. The summed E-state index contributed by atoms with van der Waals surface area (Å²) in [6.07, 6.45) is 3.66. The van der Waals surface area contributed by atoms with E-state index >= 15 is 0 Å². The Balaban J connectivity index is 2.08. The number of nitrogens with one attached hydrogen (secondary N) is 1. The van der Waals surface area contributed by atoms with Crippen LogP contribution >= 0.6 is 0 Å². The number of aliphatic hydroxyl groups is 1. The van der Waals surface area contributed by atoms with E-state index in [4.69, 9.17) is 4.74 Å². The summed E-state index contributed by atoms with van der Waals surface area (Å²) in [5.74, 6) is 0.327. The smallest absolute Gasteiger partial charge is 0.126 e. The predicted molar refractivity (Wildman–Crippen MR) is 72.9 cm³/mol. The number of hydrogen-bond acceptors (Lipinski definition) is 3. The molecule has 2 unspecified atom stereocenters. The molecule has 1 fully saturated rings. The van der Waals surface area contributed by atoms with Crippen LogP contribution < -0.4 is 10.1 Å². The van der Waals surface area contributed by atoms with Crippen molar-refractivity contribution in [2.75, 3.05) is 13.7 Å². The highest BCUT2D eigenvalue weighted by atomic mass is 19.1. The summed E-state index contributed by atoms with van der Waals surface area (Å²) in [7, 11) is 1.87. The van der Waals surface area contributed by atoms with Crippen molar-refractivity contribution in [1.29, 1.82) is 0 Å². The van der Waals surface area contributed by atoms with Gasteiger partial charge in [0.25, 0.3) is 0 Å². The summed E-state index contributed by atoms with van der Waals surface area (Å²) < 4.78 is 19.2. The van der Waals surface area contributed by atoms with Crippen LogP contribution in [0.25, 0.3) is 0 Å². The number of benzene rings is 1.